The summed E-state index contributed by atoms with van der Waals surface area (Å²) in [5.74, 6) is -0.497. The van der Waals surface area contributed by atoms with E-state index in [2.05, 4.69) is 37.4 Å². The second-order valence-electron chi connectivity index (χ2n) is 6.27. The molecule has 0 saturated heterocycles. The molecule has 0 radical (unpaired) electrons. The van der Waals surface area contributed by atoms with Gasteiger partial charge in [0, 0.05) is 27.6 Å². The second kappa shape index (κ2) is 8.46. The smallest absolute Gasteiger partial charge is 0.270 e. The van der Waals surface area contributed by atoms with E-state index >= 15 is 0 Å². The summed E-state index contributed by atoms with van der Waals surface area (Å²) < 4.78 is 0. The summed E-state index contributed by atoms with van der Waals surface area (Å²) >= 11 is 7.67. The molecule has 1 amide bonds. The van der Waals surface area contributed by atoms with Gasteiger partial charge in [0.1, 0.15) is 0 Å². The average molecular weight is 413 g/mol. The number of anilines is 1. The Bertz CT molecular complexity index is 1050. The predicted octanol–water partition coefficient (Wildman–Crippen LogP) is 6.27. The molecule has 0 aromatic heterocycles. The fourth-order valence-electron chi connectivity index (χ4n) is 2.55. The lowest BCUT2D eigenvalue weighted by atomic mass is 10.2. The molecule has 0 unspecified atom stereocenters. The molecule has 0 fully saturated rings. The normalized spacial score (nSPS) is 10.5. The second-order valence-corrected chi connectivity index (χ2v) is 7.79. The highest BCUT2D eigenvalue weighted by Gasteiger charge is 2.16. The number of halogens is 1. The van der Waals surface area contributed by atoms with E-state index in [1.165, 1.54) is 34.2 Å². The van der Waals surface area contributed by atoms with E-state index in [4.69, 9.17) is 11.6 Å². The van der Waals surface area contributed by atoms with Gasteiger partial charge in [0.2, 0.25) is 0 Å². The molecule has 0 saturated carbocycles. The molecule has 0 spiro atoms. The van der Waals surface area contributed by atoms with Crippen molar-refractivity contribution in [3.63, 3.8) is 0 Å². The van der Waals surface area contributed by atoms with Gasteiger partial charge in [-0.3, -0.25) is 14.9 Å². The number of carbonyl (C=O) groups is 1. The molecule has 0 aliphatic heterocycles. The molecule has 28 heavy (non-hydrogen) atoms. The standard InChI is InChI=1S/C21H17ClN2O3S/c1-13-3-4-14(2)20(11-13)28-17-8-5-15(6-9-17)23-21(25)18-12-16(24(26)27)7-10-19(18)22/h3-12H,1-2H3,(H,23,25). The summed E-state index contributed by atoms with van der Waals surface area (Å²) in [7, 11) is 0. The molecule has 5 nitrogen and oxygen atoms in total. The van der Waals surface area contributed by atoms with Gasteiger partial charge in [0.05, 0.1) is 15.5 Å². The van der Waals surface area contributed by atoms with Gasteiger partial charge >= 0.3 is 0 Å². The number of hydrogen-bond donors (Lipinski definition) is 1. The number of nitrogens with zero attached hydrogens (tertiary/aromatic N) is 1. The van der Waals surface area contributed by atoms with Gasteiger partial charge in [-0.05, 0) is 61.4 Å². The van der Waals surface area contributed by atoms with Crippen LogP contribution in [0.4, 0.5) is 11.4 Å². The molecule has 142 valence electrons. The Morgan fingerprint density at radius 1 is 1.04 bits per heavy atom. The molecule has 1 N–H and O–H groups in total. The zero-order valence-electron chi connectivity index (χ0n) is 15.2. The Morgan fingerprint density at radius 2 is 1.75 bits per heavy atom. The molecule has 3 aromatic carbocycles. The van der Waals surface area contributed by atoms with Gasteiger partial charge in [0.25, 0.3) is 11.6 Å². The highest BCUT2D eigenvalue weighted by molar-refractivity contribution is 7.99. The molecule has 0 atom stereocenters. The number of carbonyl (C=O) groups excluding carboxylic acids is 1. The molecule has 7 heteroatoms. The summed E-state index contributed by atoms with van der Waals surface area (Å²) in [5, 5.41) is 13.8. The van der Waals surface area contributed by atoms with Crippen molar-refractivity contribution in [3.05, 3.63) is 92.5 Å². The number of aryl methyl sites for hydroxylation is 2. The maximum atomic E-state index is 12.4. The lowest BCUT2D eigenvalue weighted by Crippen LogP contribution is -2.12. The van der Waals surface area contributed by atoms with E-state index in [0.717, 1.165) is 4.90 Å². The summed E-state index contributed by atoms with van der Waals surface area (Å²) in [5.41, 5.74) is 2.86. The summed E-state index contributed by atoms with van der Waals surface area (Å²) in [4.78, 5) is 25.0. The fourth-order valence-corrected chi connectivity index (χ4v) is 3.75. The minimum absolute atomic E-state index is 0.0599. The van der Waals surface area contributed by atoms with Crippen LogP contribution in [-0.4, -0.2) is 10.8 Å². The van der Waals surface area contributed by atoms with Crippen LogP contribution in [0.25, 0.3) is 0 Å². The van der Waals surface area contributed by atoms with Crippen molar-refractivity contribution < 1.29 is 9.72 Å². The predicted molar refractivity (Wildman–Crippen MR) is 113 cm³/mol. The first-order valence-electron chi connectivity index (χ1n) is 8.44. The van der Waals surface area contributed by atoms with Crippen LogP contribution in [0.1, 0.15) is 21.5 Å². The maximum absolute atomic E-state index is 12.4. The number of amides is 1. The molecular weight excluding hydrogens is 396 g/mol. The highest BCUT2D eigenvalue weighted by Crippen LogP contribution is 2.32. The molecule has 0 aliphatic rings. The Morgan fingerprint density at radius 3 is 2.43 bits per heavy atom. The number of nitro groups is 1. The molecular formula is C21H17ClN2O3S. The van der Waals surface area contributed by atoms with E-state index in [1.807, 2.05) is 12.1 Å². The zero-order valence-corrected chi connectivity index (χ0v) is 16.8. The molecule has 3 rings (SSSR count). The number of nitrogens with one attached hydrogen (secondary N) is 1. The van der Waals surface area contributed by atoms with Crippen molar-refractivity contribution in [3.8, 4) is 0 Å². The van der Waals surface area contributed by atoms with Crippen molar-refractivity contribution in [2.24, 2.45) is 0 Å². The van der Waals surface area contributed by atoms with Crippen LogP contribution in [0.3, 0.4) is 0 Å². The van der Waals surface area contributed by atoms with Gasteiger partial charge in [0.15, 0.2) is 0 Å². The van der Waals surface area contributed by atoms with E-state index in [-0.39, 0.29) is 16.3 Å². The summed E-state index contributed by atoms with van der Waals surface area (Å²) in [6.07, 6.45) is 0. The van der Waals surface area contributed by atoms with E-state index in [9.17, 15) is 14.9 Å². The number of nitro benzene ring substituents is 1. The minimum atomic E-state index is -0.563. The SMILES string of the molecule is Cc1ccc(C)c(Sc2ccc(NC(=O)c3cc([N+](=O)[O-])ccc3Cl)cc2)c1. The fraction of sp³-hybridized carbons (Fsp3) is 0.0952. The van der Waals surface area contributed by atoms with Crippen LogP contribution in [-0.2, 0) is 0 Å². The van der Waals surface area contributed by atoms with Crippen LogP contribution >= 0.6 is 23.4 Å². The Kier molecular flexibility index (Phi) is 6.02. The topological polar surface area (TPSA) is 72.2 Å². The lowest BCUT2D eigenvalue weighted by Gasteiger charge is -2.09. The molecule has 0 bridgehead atoms. The van der Waals surface area contributed by atoms with Gasteiger partial charge in [-0.1, -0.05) is 35.5 Å². The molecule has 3 aromatic rings. The largest absolute Gasteiger partial charge is 0.322 e. The van der Waals surface area contributed by atoms with Crippen LogP contribution < -0.4 is 5.32 Å². The third-order valence-electron chi connectivity index (χ3n) is 4.09. The molecule has 0 heterocycles. The average Bonchev–Trinajstić information content (AvgIpc) is 2.66. The Hall–Kier alpha value is -2.83. The number of hydrogen-bond acceptors (Lipinski definition) is 4. The monoisotopic (exact) mass is 412 g/mol. The van der Waals surface area contributed by atoms with Gasteiger partial charge in [-0.2, -0.15) is 0 Å². The highest BCUT2D eigenvalue weighted by atomic mass is 35.5. The summed E-state index contributed by atoms with van der Waals surface area (Å²) in [6.45, 7) is 4.13. The third-order valence-corrected chi connectivity index (χ3v) is 5.59. The van der Waals surface area contributed by atoms with E-state index in [0.29, 0.717) is 5.69 Å². The van der Waals surface area contributed by atoms with Gasteiger partial charge in [-0.15, -0.1) is 0 Å². The lowest BCUT2D eigenvalue weighted by molar-refractivity contribution is -0.384. The van der Waals surface area contributed by atoms with E-state index in [1.54, 1.807) is 23.9 Å². The van der Waals surface area contributed by atoms with Gasteiger partial charge < -0.3 is 5.32 Å². The third kappa shape index (κ3) is 4.71. The Labute approximate surface area is 171 Å². The molecule has 0 aliphatic carbocycles. The van der Waals surface area contributed by atoms with Crippen molar-refractivity contribution in [2.45, 2.75) is 23.6 Å². The first-order valence-corrected chi connectivity index (χ1v) is 9.63. The van der Waals surface area contributed by atoms with Gasteiger partial charge in [-0.25, -0.2) is 0 Å². The quantitative estimate of drug-likeness (QED) is 0.396. The first kappa shape index (κ1) is 19.9. The Balaban J connectivity index is 1.74. The van der Waals surface area contributed by atoms with E-state index < -0.39 is 10.8 Å². The van der Waals surface area contributed by atoms with Crippen LogP contribution in [0.15, 0.2) is 70.5 Å². The van der Waals surface area contributed by atoms with Crippen molar-refractivity contribution in [1.29, 1.82) is 0 Å². The summed E-state index contributed by atoms with van der Waals surface area (Å²) in [6, 6.07) is 17.5. The van der Waals surface area contributed by atoms with Crippen molar-refractivity contribution in [1.82, 2.24) is 0 Å². The first-order chi connectivity index (χ1) is 13.3. The minimum Gasteiger partial charge on any atom is -0.322 e. The number of rotatable bonds is 5. The van der Waals surface area contributed by atoms with Crippen LogP contribution in [0.5, 0.6) is 0 Å². The van der Waals surface area contributed by atoms with Crippen LogP contribution in [0.2, 0.25) is 5.02 Å². The number of non-ortho nitro benzene ring substituents is 1. The van der Waals surface area contributed by atoms with Crippen molar-refractivity contribution in [2.75, 3.05) is 5.32 Å². The van der Waals surface area contributed by atoms with Crippen molar-refractivity contribution >= 4 is 40.6 Å². The van der Waals surface area contributed by atoms with Crippen LogP contribution in [0, 0.1) is 24.0 Å². The number of benzene rings is 3. The maximum Gasteiger partial charge on any atom is 0.270 e. The zero-order chi connectivity index (χ0) is 20.3.